The summed E-state index contributed by atoms with van der Waals surface area (Å²) < 4.78 is 4.98. The fourth-order valence-electron chi connectivity index (χ4n) is 8.06. The number of ether oxygens (including phenoxy) is 1. The van der Waals surface area contributed by atoms with Crippen molar-refractivity contribution in [1.29, 1.82) is 0 Å². The van der Waals surface area contributed by atoms with Gasteiger partial charge in [0.05, 0.1) is 12.7 Å². The van der Waals surface area contributed by atoms with Gasteiger partial charge in [-0.2, -0.15) is 0 Å². The molecule has 0 saturated heterocycles. The number of aliphatic hydroxyl groups excluding tert-OH is 1. The topological polar surface area (TPSA) is 80.7 Å². The third kappa shape index (κ3) is 3.28. The summed E-state index contributed by atoms with van der Waals surface area (Å²) in [4.78, 5) is 38.4. The molecule has 8 atom stereocenters. The smallest absolute Gasteiger partial charge is 0.313 e. The van der Waals surface area contributed by atoms with Crippen LogP contribution >= 0.6 is 0 Å². The molecule has 4 aliphatic rings. The summed E-state index contributed by atoms with van der Waals surface area (Å²) in [5, 5.41) is 10.2. The second-order valence-corrected chi connectivity index (χ2v) is 10.7. The molecule has 0 aromatic heterocycles. The van der Waals surface area contributed by atoms with E-state index in [0.29, 0.717) is 30.0 Å². The molecule has 5 nitrogen and oxygen atoms in total. The van der Waals surface area contributed by atoms with Gasteiger partial charge in [-0.25, -0.2) is 0 Å². The van der Waals surface area contributed by atoms with Crippen LogP contribution in [0.3, 0.4) is 0 Å². The number of hydrogen-bond acceptors (Lipinski definition) is 5. The Hall–Kier alpha value is -1.23. The number of esters is 1. The molecule has 0 bridgehead atoms. The van der Waals surface area contributed by atoms with Gasteiger partial charge in [-0.1, -0.05) is 13.8 Å². The number of fused-ring (bicyclic) bond motifs is 5. The summed E-state index contributed by atoms with van der Waals surface area (Å²) in [6.07, 6.45) is 6.51. The number of carbonyl (C=O) groups is 3. The highest BCUT2D eigenvalue weighted by Crippen LogP contribution is 2.66. The van der Waals surface area contributed by atoms with Crippen LogP contribution < -0.4 is 0 Å². The van der Waals surface area contributed by atoms with Crippen LogP contribution in [-0.2, 0) is 19.1 Å². The molecule has 0 amide bonds. The van der Waals surface area contributed by atoms with E-state index in [2.05, 4.69) is 13.8 Å². The van der Waals surface area contributed by atoms with Crippen LogP contribution in [0, 0.1) is 40.4 Å². The molecule has 1 N–H and O–H groups in total. The van der Waals surface area contributed by atoms with Crippen molar-refractivity contribution in [1.82, 2.24) is 0 Å². The molecule has 4 rings (SSSR count). The van der Waals surface area contributed by atoms with Crippen LogP contribution in [0.15, 0.2) is 0 Å². The third-order valence-electron chi connectivity index (χ3n) is 9.33. The largest absolute Gasteiger partial charge is 0.466 e. The van der Waals surface area contributed by atoms with Gasteiger partial charge in [-0.15, -0.1) is 0 Å². The minimum Gasteiger partial charge on any atom is -0.466 e. The third-order valence-corrected chi connectivity index (χ3v) is 9.33. The number of carbonyl (C=O) groups excluding carboxylic acids is 3. The van der Waals surface area contributed by atoms with Gasteiger partial charge in [0.25, 0.3) is 0 Å². The highest BCUT2D eigenvalue weighted by Gasteiger charge is 2.64. The Labute approximate surface area is 174 Å². The summed E-state index contributed by atoms with van der Waals surface area (Å²) >= 11 is 0. The number of Topliss-reactive ketones (excluding diaryl/α,β-unsaturated/α-hetero) is 2. The quantitative estimate of drug-likeness (QED) is 0.571. The highest BCUT2D eigenvalue weighted by atomic mass is 16.5. The Kier molecular flexibility index (Phi) is 5.42. The van der Waals surface area contributed by atoms with Crippen molar-refractivity contribution >= 4 is 17.5 Å². The van der Waals surface area contributed by atoms with E-state index in [1.807, 2.05) is 0 Å². The van der Waals surface area contributed by atoms with Crippen molar-refractivity contribution in [3.63, 3.8) is 0 Å². The van der Waals surface area contributed by atoms with Crippen LogP contribution in [-0.4, -0.2) is 35.4 Å². The van der Waals surface area contributed by atoms with Gasteiger partial charge in [0.2, 0.25) is 0 Å². The zero-order chi connectivity index (χ0) is 21.0. The van der Waals surface area contributed by atoms with Crippen molar-refractivity contribution in [2.24, 2.45) is 40.4 Å². The molecule has 0 spiro atoms. The fraction of sp³-hybridized carbons (Fsp3) is 0.875. The van der Waals surface area contributed by atoms with E-state index in [1.54, 1.807) is 6.92 Å². The number of rotatable bonds is 4. The standard InChI is InChI=1S/C24H36O5/c1-4-29-21(28)12-19(26)18-8-7-17-16-6-5-14-11-15(25)9-10-23(14,2)22(16)20(27)13-24(17,18)3/h14-18,22,25H,4-13H2,1-3H3/t14-,15+,16-,17-,18+,22+,23-,24-/m0/s1. The minimum absolute atomic E-state index is 0.00636. The van der Waals surface area contributed by atoms with Gasteiger partial charge >= 0.3 is 5.97 Å². The number of aliphatic hydroxyl groups is 1. The molecule has 0 radical (unpaired) electrons. The molecule has 5 heteroatoms. The van der Waals surface area contributed by atoms with Crippen LogP contribution in [0.5, 0.6) is 0 Å². The monoisotopic (exact) mass is 404 g/mol. The Balaban J connectivity index is 1.57. The van der Waals surface area contributed by atoms with Gasteiger partial charge in [0.1, 0.15) is 18.0 Å². The van der Waals surface area contributed by atoms with E-state index < -0.39 is 5.97 Å². The fourth-order valence-corrected chi connectivity index (χ4v) is 8.06. The molecule has 0 aromatic rings. The van der Waals surface area contributed by atoms with Gasteiger partial charge in [-0.3, -0.25) is 14.4 Å². The predicted octanol–water partition coefficient (Wildman–Crippen LogP) is 3.71. The summed E-state index contributed by atoms with van der Waals surface area (Å²) in [6, 6.07) is 0. The molecule has 4 aliphatic carbocycles. The minimum atomic E-state index is -0.446. The van der Waals surface area contributed by atoms with Gasteiger partial charge in [0.15, 0.2) is 0 Å². The molecule has 0 aliphatic heterocycles. The first-order chi connectivity index (χ1) is 13.7. The number of hydrogen-bond donors (Lipinski definition) is 1. The Morgan fingerprint density at radius 3 is 2.59 bits per heavy atom. The first-order valence-corrected chi connectivity index (χ1v) is 11.6. The second-order valence-electron chi connectivity index (χ2n) is 10.7. The van der Waals surface area contributed by atoms with E-state index >= 15 is 0 Å². The predicted molar refractivity (Wildman–Crippen MR) is 108 cm³/mol. The molecular formula is C24H36O5. The molecule has 0 unspecified atom stereocenters. The normalized spacial score (nSPS) is 46.4. The summed E-state index contributed by atoms with van der Waals surface area (Å²) in [7, 11) is 0. The van der Waals surface area contributed by atoms with Crippen LogP contribution in [0.2, 0.25) is 0 Å². The molecule has 0 heterocycles. The second kappa shape index (κ2) is 7.47. The van der Waals surface area contributed by atoms with Crippen molar-refractivity contribution < 1.29 is 24.2 Å². The van der Waals surface area contributed by atoms with Crippen molar-refractivity contribution in [3.8, 4) is 0 Å². The zero-order valence-corrected chi connectivity index (χ0v) is 18.1. The Bertz CT molecular complexity index is 701. The van der Waals surface area contributed by atoms with Gasteiger partial charge in [0, 0.05) is 18.3 Å². The van der Waals surface area contributed by atoms with E-state index in [1.165, 1.54) is 0 Å². The van der Waals surface area contributed by atoms with Crippen molar-refractivity contribution in [2.75, 3.05) is 6.61 Å². The lowest BCUT2D eigenvalue weighted by molar-refractivity contribution is -0.162. The maximum atomic E-state index is 13.5. The maximum absolute atomic E-state index is 13.5. The molecule has 0 aromatic carbocycles. The lowest BCUT2D eigenvalue weighted by Crippen LogP contribution is -2.58. The van der Waals surface area contributed by atoms with Crippen molar-refractivity contribution in [3.05, 3.63) is 0 Å². The Morgan fingerprint density at radius 2 is 1.86 bits per heavy atom. The van der Waals surface area contributed by atoms with Crippen LogP contribution in [0.25, 0.3) is 0 Å². The van der Waals surface area contributed by atoms with Crippen LogP contribution in [0.1, 0.15) is 78.6 Å². The average Bonchev–Trinajstić information content (AvgIpc) is 2.98. The lowest BCUT2D eigenvalue weighted by Gasteiger charge is -2.59. The summed E-state index contributed by atoms with van der Waals surface area (Å²) in [6.45, 7) is 6.45. The molecule has 4 saturated carbocycles. The maximum Gasteiger partial charge on any atom is 0.313 e. The van der Waals surface area contributed by atoms with E-state index in [-0.39, 0.29) is 47.6 Å². The van der Waals surface area contributed by atoms with Gasteiger partial charge < -0.3 is 9.84 Å². The van der Waals surface area contributed by atoms with Gasteiger partial charge in [-0.05, 0) is 80.5 Å². The highest BCUT2D eigenvalue weighted by molar-refractivity contribution is 5.98. The SMILES string of the molecule is CCOC(=O)CC(=O)[C@H]1CC[C@H]2[C@@H]3CC[C@H]4C[C@H](O)CC[C@]4(C)[C@H]3C(=O)C[C@]12C. The zero-order valence-electron chi connectivity index (χ0n) is 18.1. The molecular weight excluding hydrogens is 368 g/mol. The van der Waals surface area contributed by atoms with Crippen molar-refractivity contribution in [2.45, 2.75) is 84.7 Å². The average molecular weight is 405 g/mol. The summed E-state index contributed by atoms with van der Waals surface area (Å²) in [5.41, 5.74) is -0.327. The number of ketones is 2. The molecule has 29 heavy (non-hydrogen) atoms. The van der Waals surface area contributed by atoms with E-state index in [0.717, 1.165) is 44.9 Å². The first-order valence-electron chi connectivity index (χ1n) is 11.6. The molecule has 162 valence electrons. The Morgan fingerprint density at radius 1 is 1.10 bits per heavy atom. The molecule has 4 fully saturated rings. The lowest BCUT2D eigenvalue weighted by atomic mass is 9.44. The van der Waals surface area contributed by atoms with E-state index in [9.17, 15) is 19.5 Å². The first kappa shape index (κ1) is 21.0. The summed E-state index contributed by atoms with van der Waals surface area (Å²) in [5.74, 6) is 0.866. The van der Waals surface area contributed by atoms with Crippen LogP contribution in [0.4, 0.5) is 0 Å². The van der Waals surface area contributed by atoms with E-state index in [4.69, 9.17) is 4.74 Å².